The highest BCUT2D eigenvalue weighted by atomic mass is 15.2. The Hall–Kier alpha value is -10.1. The van der Waals surface area contributed by atoms with Crippen LogP contribution in [0.2, 0.25) is 0 Å². The molecule has 0 N–H and O–H groups in total. The molecule has 2 aliphatic heterocycles. The number of para-hydroxylation sites is 5. The van der Waals surface area contributed by atoms with E-state index >= 15 is 0 Å². The van der Waals surface area contributed by atoms with Crippen LogP contribution in [-0.2, 0) is 5.41 Å². The van der Waals surface area contributed by atoms with Crippen molar-refractivity contribution in [1.82, 2.24) is 13.7 Å². The summed E-state index contributed by atoms with van der Waals surface area (Å²) in [5.74, 6) is 0. The predicted molar refractivity (Wildman–Crippen MR) is 344 cm³/mol. The number of hydrogen-bond acceptors (Lipinski definition) is 1. The lowest BCUT2D eigenvalue weighted by atomic mass is 9.33. The first-order valence-electron chi connectivity index (χ1n) is 28.4. The summed E-state index contributed by atoms with van der Waals surface area (Å²) in [5, 5.41) is 7.41. The molecule has 0 amide bonds. The van der Waals surface area contributed by atoms with Gasteiger partial charge >= 0.3 is 0 Å². The summed E-state index contributed by atoms with van der Waals surface area (Å²) in [4.78, 5) is 2.70. The number of rotatable bonds is 6. The number of fused-ring (bicyclic) bond motifs is 13. The molecule has 5 heteroatoms. The Labute approximate surface area is 470 Å². The van der Waals surface area contributed by atoms with E-state index < -0.39 is 0 Å². The van der Waals surface area contributed by atoms with E-state index in [2.05, 4.69) is 306 Å². The van der Waals surface area contributed by atoms with E-state index in [1.165, 1.54) is 138 Å². The number of nitrogens with zero attached hydrogens (tertiary/aromatic N) is 4. The second-order valence-electron chi connectivity index (χ2n) is 23.2. The highest BCUT2D eigenvalue weighted by Gasteiger charge is 2.44. The topological polar surface area (TPSA) is 18.0 Å². The van der Waals surface area contributed by atoms with Crippen molar-refractivity contribution in [2.75, 3.05) is 4.90 Å². The molecule has 5 heterocycles. The summed E-state index contributed by atoms with van der Waals surface area (Å²) < 4.78 is 7.60. The number of anilines is 3. The molecule has 81 heavy (non-hydrogen) atoms. The molecule has 380 valence electrons. The Kier molecular flexibility index (Phi) is 9.74. The van der Waals surface area contributed by atoms with Crippen LogP contribution in [0, 0.1) is 0 Å². The molecule has 0 bridgehead atoms. The molecule has 0 radical (unpaired) electrons. The second-order valence-corrected chi connectivity index (χ2v) is 23.2. The van der Waals surface area contributed by atoms with Crippen molar-refractivity contribution in [2.24, 2.45) is 0 Å². The number of benzene rings is 12. The van der Waals surface area contributed by atoms with E-state index in [9.17, 15) is 0 Å². The van der Waals surface area contributed by atoms with E-state index in [0.717, 1.165) is 17.1 Å². The van der Waals surface area contributed by atoms with Gasteiger partial charge in [0.25, 0.3) is 6.71 Å². The first kappa shape index (κ1) is 45.9. The summed E-state index contributed by atoms with van der Waals surface area (Å²) in [6.45, 7) is 6.91. The molecule has 4 nitrogen and oxygen atoms in total. The standard InChI is InChI=1S/C76H53BN4/c1-76(2,3)52-42-58(49-26-11-5-12-27-49)74(59(43-52)50-28-13-6-14-29-50)81-70-46-61-56-35-20-22-39-66(56)79(54-32-17-8-18-33-54)69(61)47-64(70)77-63-37-23-36-57-62-45-67-60(55-34-19-21-38-65(55)78(67)53-30-15-7-16-31-53)44-68(62)80(75(57)63)71-40-51(41-72(81)73(71)77)48-24-9-4-10-25-48/h4-47H,1-3H3. The monoisotopic (exact) mass is 1030 g/mol. The largest absolute Gasteiger partial charge is 0.310 e. The van der Waals surface area contributed by atoms with Gasteiger partial charge in [0.1, 0.15) is 0 Å². The molecule has 0 saturated heterocycles. The quantitative estimate of drug-likeness (QED) is 0.152. The molecule has 0 fully saturated rings. The number of aromatic nitrogens is 3. The molecule has 0 spiro atoms. The van der Waals surface area contributed by atoms with Gasteiger partial charge in [-0.2, -0.15) is 0 Å². The van der Waals surface area contributed by atoms with Crippen LogP contribution in [0.5, 0.6) is 0 Å². The summed E-state index contributed by atoms with van der Waals surface area (Å²) >= 11 is 0. The fraction of sp³-hybridized carbons (Fsp3) is 0.0526. The fourth-order valence-electron chi connectivity index (χ4n) is 14.1. The summed E-state index contributed by atoms with van der Waals surface area (Å²) in [6, 6.07) is 100. The first-order chi connectivity index (χ1) is 39.9. The summed E-state index contributed by atoms with van der Waals surface area (Å²) in [5.41, 5.74) is 26.4. The van der Waals surface area contributed by atoms with Crippen LogP contribution in [0.4, 0.5) is 17.1 Å². The van der Waals surface area contributed by atoms with Crippen LogP contribution >= 0.6 is 0 Å². The minimum absolute atomic E-state index is 0.124. The lowest BCUT2D eigenvalue weighted by Crippen LogP contribution is -2.60. The van der Waals surface area contributed by atoms with Crippen LogP contribution in [0.1, 0.15) is 26.3 Å². The Morgan fingerprint density at radius 1 is 0.309 bits per heavy atom. The van der Waals surface area contributed by atoms with Crippen LogP contribution in [-0.4, -0.2) is 20.4 Å². The lowest BCUT2D eigenvalue weighted by molar-refractivity contribution is 0.591. The zero-order valence-electron chi connectivity index (χ0n) is 45.3. The Bertz CT molecular complexity index is 5010. The summed E-state index contributed by atoms with van der Waals surface area (Å²) in [6.07, 6.45) is 0. The highest BCUT2D eigenvalue weighted by molar-refractivity contribution is 7.00. The van der Waals surface area contributed by atoms with E-state index in [4.69, 9.17) is 0 Å². The molecule has 0 unspecified atom stereocenters. The van der Waals surface area contributed by atoms with Gasteiger partial charge in [-0.1, -0.05) is 203 Å². The van der Waals surface area contributed by atoms with Crippen molar-refractivity contribution in [1.29, 1.82) is 0 Å². The zero-order chi connectivity index (χ0) is 53.7. The molecule has 3 aromatic heterocycles. The number of hydrogen-bond donors (Lipinski definition) is 0. The molecule has 2 aliphatic rings. The van der Waals surface area contributed by atoms with Gasteiger partial charge in [-0.05, 0) is 135 Å². The minimum atomic E-state index is -0.141. The molecule has 0 saturated carbocycles. The van der Waals surface area contributed by atoms with Crippen molar-refractivity contribution in [3.8, 4) is 50.4 Å². The van der Waals surface area contributed by atoms with Crippen LogP contribution in [0.15, 0.2) is 267 Å². The van der Waals surface area contributed by atoms with Gasteiger partial charge in [0.15, 0.2) is 0 Å². The Balaban J connectivity index is 1.08. The Morgan fingerprint density at radius 2 is 0.765 bits per heavy atom. The van der Waals surface area contributed by atoms with E-state index in [-0.39, 0.29) is 12.1 Å². The highest BCUT2D eigenvalue weighted by Crippen LogP contribution is 2.52. The second kappa shape index (κ2) is 17.2. The van der Waals surface area contributed by atoms with Crippen molar-refractivity contribution in [3.05, 3.63) is 272 Å². The third-order valence-electron chi connectivity index (χ3n) is 17.7. The van der Waals surface area contributed by atoms with Crippen molar-refractivity contribution in [3.63, 3.8) is 0 Å². The molecular weight excluding hydrogens is 980 g/mol. The van der Waals surface area contributed by atoms with Crippen LogP contribution in [0.3, 0.4) is 0 Å². The first-order valence-corrected chi connectivity index (χ1v) is 28.4. The average Bonchev–Trinajstić information content (AvgIpc) is 4.03. The third-order valence-corrected chi connectivity index (χ3v) is 17.7. The molecule has 15 aromatic rings. The van der Waals surface area contributed by atoms with Gasteiger partial charge in [-0.15, -0.1) is 0 Å². The van der Waals surface area contributed by atoms with E-state index in [1.54, 1.807) is 0 Å². The van der Waals surface area contributed by atoms with E-state index in [0.29, 0.717) is 0 Å². The van der Waals surface area contributed by atoms with Gasteiger partial charge in [0.2, 0.25) is 0 Å². The van der Waals surface area contributed by atoms with Gasteiger partial charge in [0, 0.05) is 77.4 Å². The van der Waals surface area contributed by atoms with Crippen LogP contribution < -0.4 is 21.3 Å². The third kappa shape index (κ3) is 6.67. The van der Waals surface area contributed by atoms with Crippen molar-refractivity contribution in [2.45, 2.75) is 26.2 Å². The molecule has 0 aliphatic carbocycles. The normalized spacial score (nSPS) is 12.8. The molecular formula is C76H53BN4. The van der Waals surface area contributed by atoms with Crippen molar-refractivity contribution < 1.29 is 0 Å². The maximum Gasteiger partial charge on any atom is 0.252 e. The smallest absolute Gasteiger partial charge is 0.252 e. The molecule has 17 rings (SSSR count). The Morgan fingerprint density at radius 3 is 1.33 bits per heavy atom. The average molecular weight is 1030 g/mol. The fourth-order valence-corrected chi connectivity index (χ4v) is 14.1. The SMILES string of the molecule is CC(C)(C)c1cc(-c2ccccc2)c(N2c3cc4c5ccccc5n(-c5ccccc5)c4cc3B3c4c2cc(-c2ccccc2)cc4-n2c4cc5c6ccccc6n(-c6ccccc6)c5cc4c4cccc3c42)c(-c2ccccc2)c1. The predicted octanol–water partition coefficient (Wildman–Crippen LogP) is 17.9. The zero-order valence-corrected chi connectivity index (χ0v) is 45.3. The van der Waals surface area contributed by atoms with Crippen LogP contribution in [0.25, 0.3) is 116 Å². The van der Waals surface area contributed by atoms with Gasteiger partial charge < -0.3 is 18.6 Å². The maximum absolute atomic E-state index is 2.70. The minimum Gasteiger partial charge on any atom is -0.310 e. The van der Waals surface area contributed by atoms with Gasteiger partial charge in [-0.3, -0.25) is 0 Å². The molecule has 12 aromatic carbocycles. The van der Waals surface area contributed by atoms with Gasteiger partial charge in [0.05, 0.1) is 33.3 Å². The lowest BCUT2D eigenvalue weighted by Gasteiger charge is -2.42. The molecule has 0 atom stereocenters. The summed E-state index contributed by atoms with van der Waals surface area (Å²) in [7, 11) is 0. The van der Waals surface area contributed by atoms with Crippen molar-refractivity contribution >= 4 is 106 Å². The van der Waals surface area contributed by atoms with Gasteiger partial charge in [-0.25, -0.2) is 0 Å². The maximum atomic E-state index is 2.70. The van der Waals surface area contributed by atoms with E-state index in [1.807, 2.05) is 0 Å².